The number of carbonyl (C=O) groups excluding carboxylic acids is 1. The van der Waals surface area contributed by atoms with Gasteiger partial charge < -0.3 is 5.73 Å². The zero-order valence-corrected chi connectivity index (χ0v) is 18.0. The van der Waals surface area contributed by atoms with Crippen molar-refractivity contribution in [1.82, 2.24) is 30.7 Å². The van der Waals surface area contributed by atoms with Crippen molar-refractivity contribution >= 4 is 23.1 Å². The van der Waals surface area contributed by atoms with Gasteiger partial charge >= 0.3 is 0 Å². The Kier molecular flexibility index (Phi) is 6.34. The number of non-ortho nitro benzene ring substituents is 1. The van der Waals surface area contributed by atoms with Crippen molar-refractivity contribution in [2.75, 3.05) is 5.73 Å². The van der Waals surface area contributed by atoms with Crippen molar-refractivity contribution in [3.05, 3.63) is 76.0 Å². The van der Waals surface area contributed by atoms with Crippen LogP contribution in [0.4, 0.5) is 11.5 Å². The van der Waals surface area contributed by atoms with Gasteiger partial charge in [-0.3, -0.25) is 14.9 Å². The van der Waals surface area contributed by atoms with E-state index >= 15 is 0 Å². The van der Waals surface area contributed by atoms with Crippen LogP contribution in [-0.4, -0.2) is 41.8 Å². The highest BCUT2D eigenvalue weighted by Crippen LogP contribution is 2.28. The lowest BCUT2D eigenvalue weighted by Crippen LogP contribution is -2.20. The van der Waals surface area contributed by atoms with Gasteiger partial charge in [0.15, 0.2) is 5.69 Å². The molecule has 3 N–H and O–H groups in total. The average molecular weight is 461 g/mol. The summed E-state index contributed by atoms with van der Waals surface area (Å²) >= 11 is 0. The second kappa shape index (κ2) is 9.68. The molecule has 0 bridgehead atoms. The Hall–Kier alpha value is -4.94. The predicted octanol–water partition coefficient (Wildman–Crippen LogP) is 2.55. The molecule has 0 atom stereocenters. The largest absolute Gasteiger partial charge is 0.378 e. The number of amides is 1. The molecule has 0 radical (unpaired) electrons. The number of hydrogen-bond donors (Lipinski definition) is 2. The third kappa shape index (κ3) is 4.77. The van der Waals surface area contributed by atoms with Crippen LogP contribution in [-0.2, 0) is 6.42 Å². The summed E-state index contributed by atoms with van der Waals surface area (Å²) in [5.41, 5.74) is 10.5. The summed E-state index contributed by atoms with van der Waals surface area (Å²) in [6, 6.07) is 15.4. The second-order valence-corrected chi connectivity index (χ2v) is 7.25. The fraction of sp³-hybridized carbons (Fsp3) is 0.143. The molecule has 1 amide bonds. The molecule has 2 aromatic carbocycles. The minimum absolute atomic E-state index is 0.0162. The van der Waals surface area contributed by atoms with Crippen molar-refractivity contribution in [2.24, 2.45) is 5.10 Å². The highest BCUT2D eigenvalue weighted by molar-refractivity contribution is 5.99. The third-order valence-electron chi connectivity index (χ3n) is 4.90. The van der Waals surface area contributed by atoms with E-state index in [0.29, 0.717) is 17.7 Å². The summed E-state index contributed by atoms with van der Waals surface area (Å²) in [5.74, 6) is -0.689. The maximum Gasteiger partial charge on any atom is 0.294 e. The molecule has 2 aromatic heterocycles. The lowest BCUT2D eigenvalue weighted by molar-refractivity contribution is -0.384. The van der Waals surface area contributed by atoms with Gasteiger partial charge in [-0.05, 0) is 47.8 Å². The van der Waals surface area contributed by atoms with Crippen molar-refractivity contribution in [1.29, 1.82) is 0 Å². The van der Waals surface area contributed by atoms with Gasteiger partial charge in [0.1, 0.15) is 5.69 Å². The number of hydrazone groups is 1. The van der Waals surface area contributed by atoms with E-state index in [1.54, 1.807) is 6.92 Å². The van der Waals surface area contributed by atoms with E-state index in [0.717, 1.165) is 12.0 Å². The Balaban J connectivity index is 1.60. The first kappa shape index (κ1) is 22.3. The molecule has 0 unspecified atom stereocenters. The van der Waals surface area contributed by atoms with Crippen molar-refractivity contribution in [2.45, 2.75) is 19.8 Å². The molecule has 13 heteroatoms. The van der Waals surface area contributed by atoms with Gasteiger partial charge in [-0.15, -0.1) is 5.10 Å². The van der Waals surface area contributed by atoms with Crippen LogP contribution >= 0.6 is 0 Å². The zero-order valence-electron chi connectivity index (χ0n) is 18.0. The lowest BCUT2D eigenvalue weighted by atomic mass is 10.1. The molecular formula is C21H19N9O4. The number of nitrogen functional groups attached to an aromatic ring is 1. The summed E-state index contributed by atoms with van der Waals surface area (Å²) in [7, 11) is 0. The van der Waals surface area contributed by atoms with Gasteiger partial charge in [0.2, 0.25) is 11.6 Å². The van der Waals surface area contributed by atoms with Crippen LogP contribution < -0.4 is 11.2 Å². The smallest absolute Gasteiger partial charge is 0.294 e. The molecule has 0 spiro atoms. The molecule has 13 nitrogen and oxygen atoms in total. The Morgan fingerprint density at radius 2 is 1.91 bits per heavy atom. The van der Waals surface area contributed by atoms with Gasteiger partial charge in [0.05, 0.1) is 4.92 Å². The van der Waals surface area contributed by atoms with Crippen LogP contribution in [0.15, 0.2) is 64.3 Å². The molecule has 4 rings (SSSR count). The van der Waals surface area contributed by atoms with Crippen molar-refractivity contribution < 1.29 is 14.3 Å². The molecular weight excluding hydrogens is 442 g/mol. The number of nitro benzene ring substituents is 1. The highest BCUT2D eigenvalue weighted by atomic mass is 16.6. The molecule has 0 aliphatic heterocycles. The molecule has 0 aliphatic carbocycles. The molecule has 0 saturated heterocycles. The van der Waals surface area contributed by atoms with Gasteiger partial charge in [0.25, 0.3) is 11.6 Å². The first-order valence-electron chi connectivity index (χ1n) is 10.1. The van der Waals surface area contributed by atoms with Gasteiger partial charge in [-0.25, -0.2) is 10.1 Å². The summed E-state index contributed by atoms with van der Waals surface area (Å²) in [6.45, 7) is 1.80. The number of anilines is 1. The summed E-state index contributed by atoms with van der Waals surface area (Å²) < 4.78 is 5.80. The number of nitrogens with two attached hydrogens (primary N) is 1. The number of hydrogen-bond acceptors (Lipinski definition) is 10. The van der Waals surface area contributed by atoms with E-state index in [-0.39, 0.29) is 28.7 Å². The number of rotatable bonds is 8. The van der Waals surface area contributed by atoms with Crippen LogP contribution in [0, 0.1) is 10.1 Å². The number of aromatic nitrogens is 5. The maximum atomic E-state index is 12.9. The van der Waals surface area contributed by atoms with Crippen LogP contribution in [0.3, 0.4) is 0 Å². The molecule has 0 saturated carbocycles. The second-order valence-electron chi connectivity index (χ2n) is 7.25. The first-order valence-corrected chi connectivity index (χ1v) is 10.1. The number of nitrogens with one attached hydrogen (secondary N) is 1. The molecule has 0 aliphatic rings. The minimum atomic E-state index is -0.631. The average Bonchev–Trinajstić information content (AvgIpc) is 3.48. The SMILES string of the molecule is C/C(CCc1ccccc1)=N/NC(=O)c1nnn(-c2nonc2N)c1-c1ccc([N+](=O)[O-])cc1. The van der Waals surface area contributed by atoms with Gasteiger partial charge in [-0.2, -0.15) is 9.78 Å². The lowest BCUT2D eigenvalue weighted by Gasteiger charge is -2.06. The fourth-order valence-corrected chi connectivity index (χ4v) is 3.15. The summed E-state index contributed by atoms with van der Waals surface area (Å²) in [5, 5.41) is 30.3. The van der Waals surface area contributed by atoms with Gasteiger partial charge in [0, 0.05) is 23.4 Å². The number of nitro groups is 1. The van der Waals surface area contributed by atoms with Crippen LogP contribution in [0.2, 0.25) is 0 Å². The van der Waals surface area contributed by atoms with Crippen molar-refractivity contribution in [3.8, 4) is 17.1 Å². The maximum absolute atomic E-state index is 12.9. The molecule has 2 heterocycles. The third-order valence-corrected chi connectivity index (χ3v) is 4.90. The monoisotopic (exact) mass is 461 g/mol. The number of aryl methyl sites for hydroxylation is 1. The van der Waals surface area contributed by atoms with E-state index in [1.165, 1.54) is 28.9 Å². The van der Waals surface area contributed by atoms with E-state index in [1.807, 2.05) is 30.3 Å². The predicted molar refractivity (Wildman–Crippen MR) is 121 cm³/mol. The Bertz CT molecular complexity index is 1340. The summed E-state index contributed by atoms with van der Waals surface area (Å²) in [4.78, 5) is 23.4. The van der Waals surface area contributed by atoms with Crippen LogP contribution in [0.25, 0.3) is 17.1 Å². The zero-order chi connectivity index (χ0) is 24.1. The first-order chi connectivity index (χ1) is 16.4. The van der Waals surface area contributed by atoms with E-state index in [9.17, 15) is 14.9 Å². The topological polar surface area (TPSA) is 180 Å². The Labute approximate surface area is 192 Å². The van der Waals surface area contributed by atoms with E-state index in [2.05, 4.69) is 35.8 Å². The standard InChI is InChI=1S/C21H19N9O4/c1-13(7-8-14-5-3-2-4-6-14)23-25-21(31)17-18(15-9-11-16(12-10-15)30(32)33)29(28-24-17)20-19(22)26-34-27-20/h2-6,9-12H,7-8H2,1H3,(H2,22,26)(H,25,31)/b23-13-. The summed E-state index contributed by atoms with van der Waals surface area (Å²) in [6.07, 6.45) is 1.42. The van der Waals surface area contributed by atoms with Crippen molar-refractivity contribution in [3.63, 3.8) is 0 Å². The Morgan fingerprint density at radius 1 is 1.18 bits per heavy atom. The highest BCUT2D eigenvalue weighted by Gasteiger charge is 2.25. The molecule has 34 heavy (non-hydrogen) atoms. The number of carbonyl (C=O) groups is 1. The quantitative estimate of drug-likeness (QED) is 0.226. The van der Waals surface area contributed by atoms with Gasteiger partial charge in [-0.1, -0.05) is 35.5 Å². The number of nitrogens with zero attached hydrogens (tertiary/aromatic N) is 7. The Morgan fingerprint density at radius 3 is 2.56 bits per heavy atom. The minimum Gasteiger partial charge on any atom is -0.378 e. The molecule has 4 aromatic rings. The molecule has 0 fully saturated rings. The van der Waals surface area contributed by atoms with Crippen LogP contribution in [0.5, 0.6) is 0 Å². The van der Waals surface area contributed by atoms with Crippen LogP contribution in [0.1, 0.15) is 29.4 Å². The molecule has 172 valence electrons. The normalized spacial score (nSPS) is 11.4. The number of benzene rings is 2. The van der Waals surface area contributed by atoms with E-state index < -0.39 is 10.8 Å². The fourth-order valence-electron chi connectivity index (χ4n) is 3.15. The van der Waals surface area contributed by atoms with E-state index in [4.69, 9.17) is 5.73 Å².